The Kier molecular flexibility index (Phi) is 5.34. The molecule has 2 unspecified atom stereocenters. The van der Waals surface area contributed by atoms with Crippen LogP contribution >= 0.6 is 11.3 Å². The van der Waals surface area contributed by atoms with Gasteiger partial charge in [0.05, 0.1) is 11.0 Å². The molecule has 0 fully saturated rings. The number of nitrogens with one attached hydrogen (secondary N) is 1. The van der Waals surface area contributed by atoms with Gasteiger partial charge in [0.2, 0.25) is 0 Å². The Morgan fingerprint density at radius 1 is 1.45 bits per heavy atom. The summed E-state index contributed by atoms with van der Waals surface area (Å²) in [7, 11) is 1.96. The zero-order valence-electron chi connectivity index (χ0n) is 12.3. The van der Waals surface area contributed by atoms with Crippen LogP contribution in [-0.2, 0) is 13.6 Å². The minimum absolute atomic E-state index is 0.230. The van der Waals surface area contributed by atoms with Gasteiger partial charge in [0.15, 0.2) is 0 Å². The summed E-state index contributed by atoms with van der Waals surface area (Å²) in [6, 6.07) is 4.16. The van der Waals surface area contributed by atoms with Crippen molar-refractivity contribution < 1.29 is 5.11 Å². The van der Waals surface area contributed by atoms with Crippen LogP contribution in [0.4, 0.5) is 0 Å². The summed E-state index contributed by atoms with van der Waals surface area (Å²) in [5.41, 5.74) is 2.29. The molecule has 0 aliphatic carbocycles. The number of hydrogen-bond donors (Lipinski definition) is 2. The number of aryl methyl sites for hydroxylation is 1. The van der Waals surface area contributed by atoms with Crippen molar-refractivity contribution in [3.8, 4) is 10.6 Å². The van der Waals surface area contributed by atoms with Gasteiger partial charge in [0.25, 0.3) is 0 Å². The second kappa shape index (κ2) is 7.02. The third-order valence-electron chi connectivity index (χ3n) is 3.21. The van der Waals surface area contributed by atoms with Gasteiger partial charge < -0.3 is 10.4 Å². The standard InChI is InChI=1S/C15H23N3OS/c1-11(7-12(2)19)8-16-9-13-10-18(3)17-15(13)14-5-4-6-20-14/h4-6,10-12,16,19H,7-9H2,1-3H3. The molecule has 0 radical (unpaired) electrons. The third-order valence-corrected chi connectivity index (χ3v) is 4.09. The Bertz CT molecular complexity index is 519. The van der Waals surface area contributed by atoms with Gasteiger partial charge in [-0.1, -0.05) is 13.0 Å². The van der Waals surface area contributed by atoms with Crippen LogP contribution in [0.5, 0.6) is 0 Å². The molecule has 2 aromatic heterocycles. The molecule has 4 nitrogen and oxygen atoms in total. The van der Waals surface area contributed by atoms with E-state index >= 15 is 0 Å². The highest BCUT2D eigenvalue weighted by Crippen LogP contribution is 2.26. The fraction of sp³-hybridized carbons (Fsp3) is 0.533. The summed E-state index contributed by atoms with van der Waals surface area (Å²) in [5.74, 6) is 0.469. The molecular weight excluding hydrogens is 270 g/mol. The molecule has 0 bridgehead atoms. The lowest BCUT2D eigenvalue weighted by Crippen LogP contribution is -2.23. The van der Waals surface area contributed by atoms with Crippen molar-refractivity contribution in [2.75, 3.05) is 6.54 Å². The first-order chi connectivity index (χ1) is 9.56. The smallest absolute Gasteiger partial charge is 0.107 e. The number of aliphatic hydroxyl groups excluding tert-OH is 1. The van der Waals surface area contributed by atoms with E-state index in [0.29, 0.717) is 5.92 Å². The lowest BCUT2D eigenvalue weighted by Gasteiger charge is -2.14. The predicted molar refractivity (Wildman–Crippen MR) is 83.7 cm³/mol. The van der Waals surface area contributed by atoms with Crippen LogP contribution < -0.4 is 5.32 Å². The summed E-state index contributed by atoms with van der Waals surface area (Å²) in [6.45, 7) is 5.71. The highest BCUT2D eigenvalue weighted by atomic mass is 32.1. The molecule has 20 heavy (non-hydrogen) atoms. The summed E-state index contributed by atoms with van der Waals surface area (Å²) >= 11 is 1.72. The molecule has 0 aliphatic heterocycles. The van der Waals surface area contributed by atoms with Gasteiger partial charge in [-0.3, -0.25) is 4.68 Å². The molecule has 110 valence electrons. The average Bonchev–Trinajstić information content (AvgIpc) is 2.97. The van der Waals surface area contributed by atoms with E-state index in [-0.39, 0.29) is 6.10 Å². The molecule has 2 aromatic rings. The largest absolute Gasteiger partial charge is 0.393 e. The van der Waals surface area contributed by atoms with Gasteiger partial charge in [-0.05, 0) is 37.3 Å². The van der Waals surface area contributed by atoms with Crippen LogP contribution in [0.25, 0.3) is 10.6 Å². The van der Waals surface area contributed by atoms with E-state index < -0.39 is 0 Å². The number of thiophene rings is 1. The van der Waals surface area contributed by atoms with Crippen molar-refractivity contribution in [3.05, 3.63) is 29.3 Å². The first-order valence-corrected chi connectivity index (χ1v) is 7.89. The van der Waals surface area contributed by atoms with Crippen LogP contribution in [0, 0.1) is 5.92 Å². The number of aromatic nitrogens is 2. The molecular formula is C15H23N3OS. The second-order valence-electron chi connectivity index (χ2n) is 5.47. The van der Waals surface area contributed by atoms with Gasteiger partial charge >= 0.3 is 0 Å². The van der Waals surface area contributed by atoms with E-state index in [1.807, 2.05) is 18.7 Å². The number of nitrogens with zero attached hydrogens (tertiary/aromatic N) is 2. The van der Waals surface area contributed by atoms with Crippen molar-refractivity contribution in [2.24, 2.45) is 13.0 Å². The van der Waals surface area contributed by atoms with Crippen LogP contribution in [-0.4, -0.2) is 27.5 Å². The first-order valence-electron chi connectivity index (χ1n) is 7.01. The maximum atomic E-state index is 9.37. The highest BCUT2D eigenvalue weighted by Gasteiger charge is 2.11. The van der Waals surface area contributed by atoms with Gasteiger partial charge in [-0.2, -0.15) is 5.10 Å². The molecule has 0 saturated heterocycles. The molecule has 2 atom stereocenters. The number of rotatable bonds is 7. The Balaban J connectivity index is 1.93. The highest BCUT2D eigenvalue weighted by molar-refractivity contribution is 7.13. The summed E-state index contributed by atoms with van der Waals surface area (Å²) in [5, 5.41) is 19.5. The summed E-state index contributed by atoms with van der Waals surface area (Å²) in [6.07, 6.45) is 2.67. The number of hydrogen-bond acceptors (Lipinski definition) is 4. The molecule has 5 heteroatoms. The summed E-state index contributed by atoms with van der Waals surface area (Å²) < 4.78 is 1.87. The zero-order valence-corrected chi connectivity index (χ0v) is 13.2. The molecule has 0 spiro atoms. The van der Waals surface area contributed by atoms with Crippen molar-refractivity contribution in [2.45, 2.75) is 32.9 Å². The molecule has 0 aliphatic rings. The van der Waals surface area contributed by atoms with Crippen LogP contribution in [0.3, 0.4) is 0 Å². The second-order valence-corrected chi connectivity index (χ2v) is 6.42. The zero-order chi connectivity index (χ0) is 14.5. The van der Waals surface area contributed by atoms with E-state index in [4.69, 9.17) is 0 Å². The van der Waals surface area contributed by atoms with Crippen LogP contribution in [0.2, 0.25) is 0 Å². The fourth-order valence-electron chi connectivity index (χ4n) is 2.41. The molecule has 0 saturated carbocycles. The monoisotopic (exact) mass is 293 g/mol. The van der Waals surface area contributed by atoms with E-state index in [1.165, 1.54) is 10.4 Å². The third kappa shape index (κ3) is 4.16. The van der Waals surface area contributed by atoms with E-state index in [2.05, 4.69) is 41.0 Å². The fourth-order valence-corrected chi connectivity index (χ4v) is 3.15. The first kappa shape index (κ1) is 15.2. The maximum Gasteiger partial charge on any atom is 0.107 e. The van der Waals surface area contributed by atoms with Crippen molar-refractivity contribution in [3.63, 3.8) is 0 Å². The molecule has 0 amide bonds. The minimum Gasteiger partial charge on any atom is -0.393 e. The Morgan fingerprint density at radius 3 is 2.90 bits per heavy atom. The minimum atomic E-state index is -0.230. The van der Waals surface area contributed by atoms with Gasteiger partial charge in [-0.25, -0.2) is 0 Å². The SMILES string of the molecule is CC(O)CC(C)CNCc1cn(C)nc1-c1cccs1. The Morgan fingerprint density at radius 2 is 2.25 bits per heavy atom. The Labute approximate surface area is 124 Å². The van der Waals surface area contributed by atoms with Crippen molar-refractivity contribution in [1.82, 2.24) is 15.1 Å². The normalized spacial score (nSPS) is 14.4. The van der Waals surface area contributed by atoms with E-state index in [9.17, 15) is 5.11 Å². The van der Waals surface area contributed by atoms with Gasteiger partial charge in [0, 0.05) is 25.4 Å². The lowest BCUT2D eigenvalue weighted by atomic mass is 10.0. The van der Waals surface area contributed by atoms with Crippen LogP contribution in [0.15, 0.2) is 23.7 Å². The van der Waals surface area contributed by atoms with Crippen LogP contribution in [0.1, 0.15) is 25.8 Å². The van der Waals surface area contributed by atoms with Gasteiger partial charge in [0.1, 0.15) is 5.69 Å². The maximum absolute atomic E-state index is 9.37. The van der Waals surface area contributed by atoms with E-state index in [0.717, 1.165) is 25.2 Å². The average molecular weight is 293 g/mol. The topological polar surface area (TPSA) is 50.1 Å². The van der Waals surface area contributed by atoms with Crippen molar-refractivity contribution in [1.29, 1.82) is 0 Å². The van der Waals surface area contributed by atoms with Crippen molar-refractivity contribution >= 4 is 11.3 Å². The molecule has 2 N–H and O–H groups in total. The van der Waals surface area contributed by atoms with E-state index in [1.54, 1.807) is 11.3 Å². The Hall–Kier alpha value is -1.17. The quantitative estimate of drug-likeness (QED) is 0.825. The van der Waals surface area contributed by atoms with Gasteiger partial charge in [-0.15, -0.1) is 11.3 Å². The molecule has 0 aromatic carbocycles. The lowest BCUT2D eigenvalue weighted by molar-refractivity contribution is 0.163. The number of aliphatic hydroxyl groups is 1. The summed E-state index contributed by atoms with van der Waals surface area (Å²) in [4.78, 5) is 1.21. The molecule has 2 rings (SSSR count). The predicted octanol–water partition coefficient (Wildman–Crippen LogP) is 2.65. The molecule has 2 heterocycles.